The largest absolute Gasteiger partial charge is 0.491 e. The van der Waals surface area contributed by atoms with E-state index in [0.717, 1.165) is 22.2 Å². The smallest absolute Gasteiger partial charge is 0.305 e. The van der Waals surface area contributed by atoms with Crippen LogP contribution in [0.25, 0.3) is 10.9 Å². The minimum absolute atomic E-state index is 0.132. The molecule has 0 aliphatic heterocycles. The van der Waals surface area contributed by atoms with Crippen LogP contribution in [0.5, 0.6) is 5.75 Å². The lowest BCUT2D eigenvalue weighted by molar-refractivity contribution is -0.137. The zero-order valence-electron chi connectivity index (χ0n) is 11.5. The Labute approximate surface area is 112 Å². The monoisotopic (exact) mass is 261 g/mol. The third kappa shape index (κ3) is 3.08. The van der Waals surface area contributed by atoms with Crippen LogP contribution in [0.1, 0.15) is 25.8 Å². The van der Waals surface area contributed by atoms with E-state index in [9.17, 15) is 4.79 Å². The molecule has 0 amide bonds. The first-order valence-corrected chi connectivity index (χ1v) is 6.45. The van der Waals surface area contributed by atoms with Crippen LogP contribution >= 0.6 is 0 Å². The molecule has 0 atom stereocenters. The normalized spacial score (nSPS) is 11.2. The summed E-state index contributed by atoms with van der Waals surface area (Å²) in [7, 11) is 0. The Morgan fingerprint density at radius 2 is 2.16 bits per heavy atom. The molecule has 1 aromatic carbocycles. The van der Waals surface area contributed by atoms with Crippen molar-refractivity contribution in [2.24, 2.45) is 0 Å². The molecule has 0 saturated carbocycles. The van der Waals surface area contributed by atoms with Crippen molar-refractivity contribution < 1.29 is 14.6 Å². The molecule has 0 aliphatic carbocycles. The number of hydrogen-bond acceptors (Lipinski definition) is 2. The third-order valence-electron chi connectivity index (χ3n) is 2.99. The Bertz CT molecular complexity index is 599. The molecule has 0 aliphatic rings. The number of aromatic nitrogens is 1. The number of aliphatic carboxylic acids is 1. The van der Waals surface area contributed by atoms with Gasteiger partial charge < -0.3 is 14.4 Å². The van der Waals surface area contributed by atoms with Gasteiger partial charge in [-0.05, 0) is 44.5 Å². The van der Waals surface area contributed by atoms with Gasteiger partial charge in [-0.15, -0.1) is 0 Å². The molecule has 19 heavy (non-hydrogen) atoms. The van der Waals surface area contributed by atoms with E-state index in [0.29, 0.717) is 6.54 Å². The highest BCUT2D eigenvalue weighted by molar-refractivity contribution is 5.85. The first-order valence-electron chi connectivity index (χ1n) is 6.45. The Balaban J connectivity index is 2.34. The van der Waals surface area contributed by atoms with Crippen LogP contribution < -0.4 is 4.74 Å². The Kier molecular flexibility index (Phi) is 3.79. The second kappa shape index (κ2) is 5.34. The fraction of sp³-hybridized carbons (Fsp3) is 0.400. The summed E-state index contributed by atoms with van der Waals surface area (Å²) >= 11 is 0. The molecule has 0 fully saturated rings. The van der Waals surface area contributed by atoms with Gasteiger partial charge in [-0.25, -0.2) is 0 Å². The van der Waals surface area contributed by atoms with Gasteiger partial charge in [0.2, 0.25) is 0 Å². The fourth-order valence-corrected chi connectivity index (χ4v) is 2.20. The number of rotatable bonds is 5. The van der Waals surface area contributed by atoms with E-state index in [1.165, 1.54) is 0 Å². The number of carboxylic acid groups (broad SMARTS) is 1. The van der Waals surface area contributed by atoms with Gasteiger partial charge in [-0.2, -0.15) is 0 Å². The summed E-state index contributed by atoms with van der Waals surface area (Å²) in [6.07, 6.45) is 2.27. The molecule has 0 spiro atoms. The van der Waals surface area contributed by atoms with Gasteiger partial charge in [0.1, 0.15) is 5.75 Å². The van der Waals surface area contributed by atoms with Crippen LogP contribution in [0, 0.1) is 6.92 Å². The average molecular weight is 261 g/mol. The number of benzene rings is 1. The van der Waals surface area contributed by atoms with Crippen molar-refractivity contribution in [3.8, 4) is 5.75 Å². The number of hydrogen-bond donors (Lipinski definition) is 1. The number of fused-ring (bicyclic) bond motifs is 1. The zero-order valence-corrected chi connectivity index (χ0v) is 11.5. The van der Waals surface area contributed by atoms with Crippen LogP contribution in [-0.2, 0) is 11.3 Å². The number of nitrogens with zero attached hydrogens (tertiary/aromatic N) is 1. The van der Waals surface area contributed by atoms with Gasteiger partial charge in [0.15, 0.2) is 0 Å². The van der Waals surface area contributed by atoms with Crippen molar-refractivity contribution in [3.05, 3.63) is 30.0 Å². The summed E-state index contributed by atoms with van der Waals surface area (Å²) in [5.41, 5.74) is 2.18. The van der Waals surface area contributed by atoms with Gasteiger partial charge in [0.25, 0.3) is 0 Å². The van der Waals surface area contributed by atoms with Crippen molar-refractivity contribution in [2.75, 3.05) is 0 Å². The summed E-state index contributed by atoms with van der Waals surface area (Å²) < 4.78 is 7.67. The Morgan fingerprint density at radius 3 is 2.79 bits per heavy atom. The molecule has 1 heterocycles. The van der Waals surface area contributed by atoms with Crippen molar-refractivity contribution >= 4 is 16.9 Å². The highest BCUT2D eigenvalue weighted by atomic mass is 16.5. The van der Waals surface area contributed by atoms with E-state index in [1.807, 2.05) is 49.7 Å². The van der Waals surface area contributed by atoms with Gasteiger partial charge in [-0.3, -0.25) is 4.79 Å². The summed E-state index contributed by atoms with van der Waals surface area (Å²) in [5.74, 6) is 0.0702. The van der Waals surface area contributed by atoms with E-state index in [1.54, 1.807) is 0 Å². The van der Waals surface area contributed by atoms with Gasteiger partial charge >= 0.3 is 5.97 Å². The van der Waals surface area contributed by atoms with Crippen molar-refractivity contribution in [3.63, 3.8) is 0 Å². The average Bonchev–Trinajstić information content (AvgIpc) is 2.63. The van der Waals surface area contributed by atoms with Crippen LogP contribution in [0.3, 0.4) is 0 Å². The molecule has 2 rings (SSSR count). The maximum Gasteiger partial charge on any atom is 0.305 e. The van der Waals surface area contributed by atoms with Crippen LogP contribution in [0.2, 0.25) is 0 Å². The SMILES string of the molecule is Cc1cn(CCC(=O)O)c2ccc(OC(C)C)cc12. The van der Waals surface area contributed by atoms with E-state index in [2.05, 4.69) is 0 Å². The first-order chi connectivity index (χ1) is 8.97. The molecule has 2 aromatic rings. The standard InChI is InChI=1S/C15H19NO3/c1-10(2)19-12-4-5-14-13(8-12)11(3)9-16(14)7-6-15(17)18/h4-5,8-10H,6-7H2,1-3H3,(H,17,18). The minimum atomic E-state index is -0.778. The molecule has 1 aromatic heterocycles. The molecule has 0 bridgehead atoms. The summed E-state index contributed by atoms with van der Waals surface area (Å²) in [4.78, 5) is 10.7. The maximum absolute atomic E-state index is 10.7. The highest BCUT2D eigenvalue weighted by Crippen LogP contribution is 2.26. The van der Waals surface area contributed by atoms with E-state index < -0.39 is 5.97 Å². The second-order valence-corrected chi connectivity index (χ2v) is 4.99. The second-order valence-electron chi connectivity index (χ2n) is 4.99. The quantitative estimate of drug-likeness (QED) is 0.899. The molecular weight excluding hydrogens is 242 g/mol. The zero-order chi connectivity index (χ0) is 14.0. The molecule has 102 valence electrons. The van der Waals surface area contributed by atoms with Crippen molar-refractivity contribution in [1.82, 2.24) is 4.57 Å². The fourth-order valence-electron chi connectivity index (χ4n) is 2.20. The van der Waals surface area contributed by atoms with Crippen LogP contribution in [0.4, 0.5) is 0 Å². The predicted octanol–water partition coefficient (Wildman–Crippen LogP) is 3.21. The van der Waals surface area contributed by atoms with Gasteiger partial charge in [0.05, 0.1) is 12.5 Å². The third-order valence-corrected chi connectivity index (χ3v) is 2.99. The van der Waals surface area contributed by atoms with Crippen LogP contribution in [0.15, 0.2) is 24.4 Å². The van der Waals surface area contributed by atoms with Crippen molar-refractivity contribution in [2.45, 2.75) is 39.8 Å². The van der Waals surface area contributed by atoms with Crippen LogP contribution in [-0.4, -0.2) is 21.7 Å². The molecule has 0 radical (unpaired) electrons. The first kappa shape index (κ1) is 13.5. The lowest BCUT2D eigenvalue weighted by Crippen LogP contribution is -2.05. The molecule has 4 heteroatoms. The number of carbonyl (C=O) groups is 1. The number of ether oxygens (including phenoxy) is 1. The highest BCUT2D eigenvalue weighted by Gasteiger charge is 2.08. The lowest BCUT2D eigenvalue weighted by atomic mass is 10.2. The summed E-state index contributed by atoms with van der Waals surface area (Å²) in [5, 5.41) is 9.88. The topological polar surface area (TPSA) is 51.5 Å². The lowest BCUT2D eigenvalue weighted by Gasteiger charge is -2.10. The Hall–Kier alpha value is -1.97. The summed E-state index contributed by atoms with van der Waals surface area (Å²) in [6.45, 7) is 6.51. The molecule has 4 nitrogen and oxygen atoms in total. The van der Waals surface area contributed by atoms with E-state index in [4.69, 9.17) is 9.84 Å². The van der Waals surface area contributed by atoms with E-state index >= 15 is 0 Å². The van der Waals surface area contributed by atoms with Gasteiger partial charge in [0, 0.05) is 23.6 Å². The van der Waals surface area contributed by atoms with Gasteiger partial charge in [-0.1, -0.05) is 0 Å². The number of carboxylic acids is 1. The minimum Gasteiger partial charge on any atom is -0.491 e. The van der Waals surface area contributed by atoms with E-state index in [-0.39, 0.29) is 12.5 Å². The predicted molar refractivity (Wildman–Crippen MR) is 74.7 cm³/mol. The molecule has 0 unspecified atom stereocenters. The molecular formula is C15H19NO3. The number of aryl methyl sites for hydroxylation is 2. The Morgan fingerprint density at radius 1 is 1.42 bits per heavy atom. The van der Waals surface area contributed by atoms with Crippen molar-refractivity contribution in [1.29, 1.82) is 0 Å². The maximum atomic E-state index is 10.7. The summed E-state index contributed by atoms with van der Waals surface area (Å²) in [6, 6.07) is 5.93. The molecule has 0 saturated heterocycles. The molecule has 1 N–H and O–H groups in total.